The highest BCUT2D eigenvalue weighted by Gasteiger charge is 2.21. The molecule has 0 saturated carbocycles. The highest BCUT2D eigenvalue weighted by molar-refractivity contribution is 6.30. The number of benzene rings is 2. The van der Waals surface area contributed by atoms with Crippen molar-refractivity contribution in [2.75, 3.05) is 5.32 Å². The van der Waals surface area contributed by atoms with Gasteiger partial charge in [-0.3, -0.25) is 19.0 Å². The number of nitrogens with zero attached hydrogens (tertiary/aromatic N) is 2. The number of allylic oxidation sites excluding steroid dienone is 1. The van der Waals surface area contributed by atoms with Crippen LogP contribution in [0.2, 0.25) is 5.02 Å². The van der Waals surface area contributed by atoms with Gasteiger partial charge in [0.2, 0.25) is 5.91 Å². The second-order valence-corrected chi connectivity index (χ2v) is 7.47. The number of carbonyl (C=O) groups excluding carboxylic acids is 1. The Labute approximate surface area is 176 Å². The van der Waals surface area contributed by atoms with Gasteiger partial charge >= 0.3 is 5.97 Å². The number of carbonyl (C=O) groups is 2. The van der Waals surface area contributed by atoms with E-state index in [-0.39, 0.29) is 18.4 Å². The number of rotatable bonds is 5. The first-order valence-electron chi connectivity index (χ1n) is 9.43. The SMILES string of the molecule is O=C(O)CCC(=O)Nc1ccc2c(=O)n3c(nc2c1)C(=Cc1ccc(Cl)cc1)CC3. The fraction of sp³-hybridized carbons (Fsp3) is 0.182. The number of carboxylic acids is 1. The van der Waals surface area contributed by atoms with Gasteiger partial charge in [-0.25, -0.2) is 4.98 Å². The Balaban J connectivity index is 1.68. The van der Waals surface area contributed by atoms with E-state index in [0.29, 0.717) is 40.4 Å². The van der Waals surface area contributed by atoms with Gasteiger partial charge in [0.1, 0.15) is 5.82 Å². The minimum Gasteiger partial charge on any atom is -0.481 e. The van der Waals surface area contributed by atoms with Crippen LogP contribution in [0.15, 0.2) is 47.3 Å². The Morgan fingerprint density at radius 2 is 1.93 bits per heavy atom. The number of halogens is 1. The minimum atomic E-state index is -1.03. The van der Waals surface area contributed by atoms with E-state index in [1.165, 1.54) is 0 Å². The average Bonchev–Trinajstić information content (AvgIpc) is 3.11. The van der Waals surface area contributed by atoms with Crippen LogP contribution in [0.5, 0.6) is 0 Å². The van der Waals surface area contributed by atoms with Crippen molar-refractivity contribution in [3.8, 4) is 0 Å². The average molecular weight is 424 g/mol. The van der Waals surface area contributed by atoms with E-state index >= 15 is 0 Å². The Morgan fingerprint density at radius 1 is 1.17 bits per heavy atom. The molecule has 7 nitrogen and oxygen atoms in total. The molecule has 0 aliphatic carbocycles. The molecule has 1 aromatic heterocycles. The molecule has 0 atom stereocenters. The Kier molecular flexibility index (Phi) is 5.37. The summed E-state index contributed by atoms with van der Waals surface area (Å²) >= 11 is 5.94. The summed E-state index contributed by atoms with van der Waals surface area (Å²) in [6.45, 7) is 0.560. The molecule has 2 heterocycles. The van der Waals surface area contributed by atoms with Crippen LogP contribution in [0.25, 0.3) is 22.6 Å². The lowest BCUT2D eigenvalue weighted by Gasteiger charge is -2.08. The van der Waals surface area contributed by atoms with Crippen molar-refractivity contribution < 1.29 is 14.7 Å². The largest absolute Gasteiger partial charge is 0.481 e. The predicted molar refractivity (Wildman–Crippen MR) is 115 cm³/mol. The normalized spacial score (nSPS) is 14.1. The quantitative estimate of drug-likeness (QED) is 0.650. The summed E-state index contributed by atoms with van der Waals surface area (Å²) < 4.78 is 1.66. The van der Waals surface area contributed by atoms with Gasteiger partial charge in [0.05, 0.1) is 17.3 Å². The van der Waals surface area contributed by atoms with Crippen LogP contribution < -0.4 is 10.9 Å². The number of fused-ring (bicyclic) bond motifs is 2. The van der Waals surface area contributed by atoms with E-state index in [1.807, 2.05) is 30.3 Å². The van der Waals surface area contributed by atoms with Gasteiger partial charge in [0.25, 0.3) is 5.56 Å². The minimum absolute atomic E-state index is 0.123. The molecule has 1 amide bonds. The molecule has 0 unspecified atom stereocenters. The van der Waals surface area contributed by atoms with Gasteiger partial charge in [-0.05, 0) is 54.0 Å². The predicted octanol–water partition coefficient (Wildman–Crippen LogP) is 3.80. The second-order valence-electron chi connectivity index (χ2n) is 7.04. The third kappa shape index (κ3) is 4.11. The zero-order valence-corrected chi connectivity index (χ0v) is 16.6. The smallest absolute Gasteiger partial charge is 0.303 e. The molecule has 3 aromatic rings. The number of nitrogens with one attached hydrogen (secondary N) is 1. The van der Waals surface area contributed by atoms with E-state index < -0.39 is 11.9 Å². The number of aromatic nitrogens is 2. The molecule has 1 aliphatic rings. The van der Waals surface area contributed by atoms with Crippen LogP contribution in [0, 0.1) is 0 Å². The lowest BCUT2D eigenvalue weighted by molar-refractivity contribution is -0.138. The van der Waals surface area contributed by atoms with Gasteiger partial charge in [-0.15, -0.1) is 0 Å². The summed E-state index contributed by atoms with van der Waals surface area (Å²) in [7, 11) is 0. The lowest BCUT2D eigenvalue weighted by atomic mass is 10.1. The highest BCUT2D eigenvalue weighted by Crippen LogP contribution is 2.28. The summed E-state index contributed by atoms with van der Waals surface area (Å²) in [6, 6.07) is 12.3. The molecule has 0 spiro atoms. The summed E-state index contributed by atoms with van der Waals surface area (Å²) in [5, 5.41) is 12.5. The van der Waals surface area contributed by atoms with Crippen molar-refractivity contribution in [3.05, 3.63) is 69.2 Å². The summed E-state index contributed by atoms with van der Waals surface area (Å²) in [6.07, 6.45) is 2.32. The molecule has 0 radical (unpaired) electrons. The molecule has 4 rings (SSSR count). The molecule has 2 N–H and O–H groups in total. The van der Waals surface area contributed by atoms with Crippen molar-refractivity contribution >= 4 is 51.7 Å². The lowest BCUT2D eigenvalue weighted by Crippen LogP contribution is -2.21. The van der Waals surface area contributed by atoms with Crippen LogP contribution in [0.1, 0.15) is 30.7 Å². The highest BCUT2D eigenvalue weighted by atomic mass is 35.5. The maximum atomic E-state index is 12.9. The monoisotopic (exact) mass is 423 g/mol. The third-order valence-corrected chi connectivity index (χ3v) is 5.16. The van der Waals surface area contributed by atoms with Gasteiger partial charge < -0.3 is 10.4 Å². The molecule has 2 aromatic carbocycles. The fourth-order valence-electron chi connectivity index (χ4n) is 3.44. The zero-order valence-electron chi connectivity index (χ0n) is 15.9. The number of aliphatic carboxylic acids is 1. The number of hydrogen-bond acceptors (Lipinski definition) is 4. The van der Waals surface area contributed by atoms with Crippen molar-refractivity contribution in [1.82, 2.24) is 9.55 Å². The second kappa shape index (κ2) is 8.12. The van der Waals surface area contributed by atoms with Crippen molar-refractivity contribution in [2.45, 2.75) is 25.8 Å². The molecule has 30 heavy (non-hydrogen) atoms. The van der Waals surface area contributed by atoms with E-state index in [9.17, 15) is 14.4 Å². The fourth-order valence-corrected chi connectivity index (χ4v) is 3.56. The molecule has 1 aliphatic heterocycles. The zero-order chi connectivity index (χ0) is 21.3. The van der Waals surface area contributed by atoms with Gasteiger partial charge in [0, 0.05) is 23.7 Å². The van der Waals surface area contributed by atoms with E-state index in [0.717, 1.165) is 11.1 Å². The standard InChI is InChI=1S/C22H18ClN3O4/c23-15-3-1-13(2-4-15)11-14-9-10-26-21(14)25-18-12-16(5-6-17(18)22(26)30)24-19(27)7-8-20(28)29/h1-6,11-12H,7-10H2,(H,24,27)(H,28,29). The molecule has 152 valence electrons. The topological polar surface area (TPSA) is 101 Å². The van der Waals surface area contributed by atoms with E-state index in [4.69, 9.17) is 16.7 Å². The van der Waals surface area contributed by atoms with Gasteiger partial charge in [-0.1, -0.05) is 23.7 Å². The van der Waals surface area contributed by atoms with Crippen LogP contribution in [0.4, 0.5) is 5.69 Å². The van der Waals surface area contributed by atoms with E-state index in [2.05, 4.69) is 10.3 Å². The maximum absolute atomic E-state index is 12.9. The number of carboxylic acid groups (broad SMARTS) is 1. The maximum Gasteiger partial charge on any atom is 0.303 e. The van der Waals surface area contributed by atoms with Gasteiger partial charge in [-0.2, -0.15) is 0 Å². The van der Waals surface area contributed by atoms with Crippen LogP contribution in [0.3, 0.4) is 0 Å². The third-order valence-electron chi connectivity index (χ3n) is 4.91. The van der Waals surface area contributed by atoms with Gasteiger partial charge in [0.15, 0.2) is 0 Å². The molecule has 0 saturated heterocycles. The Hall–Kier alpha value is -3.45. The molecule has 8 heteroatoms. The van der Waals surface area contributed by atoms with Crippen LogP contribution >= 0.6 is 11.6 Å². The summed E-state index contributed by atoms with van der Waals surface area (Å²) in [5.74, 6) is -0.830. The van der Waals surface area contributed by atoms with Crippen LogP contribution in [-0.4, -0.2) is 26.5 Å². The molecule has 0 bridgehead atoms. The number of hydrogen-bond donors (Lipinski definition) is 2. The molecular formula is C22H18ClN3O4. The van der Waals surface area contributed by atoms with Crippen molar-refractivity contribution in [1.29, 1.82) is 0 Å². The summed E-state index contributed by atoms with van der Waals surface area (Å²) in [5.41, 5.74) is 2.74. The first-order chi connectivity index (χ1) is 14.4. The van der Waals surface area contributed by atoms with Crippen LogP contribution in [-0.2, 0) is 16.1 Å². The Bertz CT molecular complexity index is 1250. The Morgan fingerprint density at radius 3 is 2.67 bits per heavy atom. The number of anilines is 1. The van der Waals surface area contributed by atoms with Crippen molar-refractivity contribution in [3.63, 3.8) is 0 Å². The molecular weight excluding hydrogens is 406 g/mol. The first kappa shape index (κ1) is 19.8. The van der Waals surface area contributed by atoms with Crippen molar-refractivity contribution in [2.24, 2.45) is 0 Å². The molecule has 0 fully saturated rings. The first-order valence-corrected chi connectivity index (χ1v) is 9.81. The summed E-state index contributed by atoms with van der Waals surface area (Å²) in [4.78, 5) is 40.1. The van der Waals surface area contributed by atoms with E-state index in [1.54, 1.807) is 22.8 Å². The number of amides is 1.